The second-order valence-corrected chi connectivity index (χ2v) is 7.67. The highest BCUT2D eigenvalue weighted by Crippen LogP contribution is 2.17. The van der Waals surface area contributed by atoms with E-state index in [1.54, 1.807) is 0 Å². The summed E-state index contributed by atoms with van der Waals surface area (Å²) in [5.74, 6) is 5.82. The number of unbranched alkanes of at least 4 members (excludes halogenated alkanes) is 3. The number of hydrogen-bond acceptors (Lipinski definition) is 3. The number of benzene rings is 1. The molecule has 0 unspecified atom stereocenters. The molecule has 24 heavy (non-hydrogen) atoms. The Labute approximate surface area is 146 Å². The fourth-order valence-electron chi connectivity index (χ4n) is 2.64. The normalized spacial score (nSPS) is 16.1. The van der Waals surface area contributed by atoms with Gasteiger partial charge >= 0.3 is 0 Å². The van der Waals surface area contributed by atoms with Gasteiger partial charge in [0, 0.05) is 44.4 Å². The molecule has 4 nitrogen and oxygen atoms in total. The summed E-state index contributed by atoms with van der Waals surface area (Å²) < 4.78 is 26.2. The molecule has 1 saturated heterocycles. The first-order valence-electron chi connectivity index (χ1n) is 8.58. The number of allylic oxidation sites excluding steroid dienone is 1. The predicted molar refractivity (Wildman–Crippen MR) is 100 cm³/mol. The third-order valence-electron chi connectivity index (χ3n) is 4.05. The van der Waals surface area contributed by atoms with Crippen LogP contribution in [0.4, 0.5) is 5.69 Å². The van der Waals surface area contributed by atoms with Gasteiger partial charge in [-0.2, -0.15) is 4.31 Å². The zero-order valence-corrected chi connectivity index (χ0v) is 15.1. The quantitative estimate of drug-likeness (QED) is 0.586. The van der Waals surface area contributed by atoms with Gasteiger partial charge in [0.05, 0.1) is 5.41 Å². The van der Waals surface area contributed by atoms with Crippen LogP contribution in [0.2, 0.25) is 0 Å². The molecular formula is C19H26N2O2S. The summed E-state index contributed by atoms with van der Waals surface area (Å²) in [5, 5.41) is 1.23. The van der Waals surface area contributed by atoms with Crippen molar-refractivity contribution < 1.29 is 8.42 Å². The predicted octanol–water partition coefficient (Wildman–Crippen LogP) is 3.24. The lowest BCUT2D eigenvalue weighted by Crippen LogP contribution is -2.48. The maximum absolute atomic E-state index is 12.3. The van der Waals surface area contributed by atoms with Crippen molar-refractivity contribution >= 4 is 15.7 Å². The highest BCUT2D eigenvalue weighted by molar-refractivity contribution is 7.92. The molecule has 1 aliphatic rings. The summed E-state index contributed by atoms with van der Waals surface area (Å²) in [6, 6.07) is 10.1. The zero-order valence-electron chi connectivity index (χ0n) is 14.3. The van der Waals surface area contributed by atoms with Gasteiger partial charge in [-0.15, -0.1) is 0 Å². The molecule has 1 aromatic rings. The van der Waals surface area contributed by atoms with Crippen molar-refractivity contribution in [3.63, 3.8) is 0 Å². The van der Waals surface area contributed by atoms with Gasteiger partial charge in [-0.05, 0) is 18.6 Å². The molecule has 1 aromatic carbocycles. The lowest BCUT2D eigenvalue weighted by Gasteiger charge is -2.34. The van der Waals surface area contributed by atoms with Gasteiger partial charge in [0.1, 0.15) is 0 Å². The minimum atomic E-state index is -3.36. The Morgan fingerprint density at radius 1 is 1.08 bits per heavy atom. The van der Waals surface area contributed by atoms with E-state index < -0.39 is 10.0 Å². The molecule has 0 N–H and O–H groups in total. The van der Waals surface area contributed by atoms with Crippen molar-refractivity contribution in [2.45, 2.75) is 32.6 Å². The fourth-order valence-corrected chi connectivity index (χ4v) is 3.72. The van der Waals surface area contributed by atoms with Crippen molar-refractivity contribution in [1.29, 1.82) is 0 Å². The first-order valence-corrected chi connectivity index (χ1v) is 10.1. The molecule has 0 radical (unpaired) electrons. The molecule has 130 valence electrons. The lowest BCUT2D eigenvalue weighted by atomic mass is 10.2. The Bertz CT molecular complexity index is 679. The van der Waals surface area contributed by atoms with E-state index in [4.69, 9.17) is 0 Å². The van der Waals surface area contributed by atoms with Gasteiger partial charge in [-0.1, -0.05) is 49.8 Å². The van der Waals surface area contributed by atoms with Crippen LogP contribution in [-0.4, -0.2) is 38.9 Å². The number of para-hydroxylation sites is 1. The van der Waals surface area contributed by atoms with Gasteiger partial charge in [-0.25, -0.2) is 8.42 Å². The van der Waals surface area contributed by atoms with E-state index in [9.17, 15) is 8.42 Å². The van der Waals surface area contributed by atoms with Crippen LogP contribution in [0, 0.1) is 11.8 Å². The average Bonchev–Trinajstić information content (AvgIpc) is 2.62. The van der Waals surface area contributed by atoms with Gasteiger partial charge in [0.2, 0.25) is 10.0 Å². The molecular weight excluding hydrogens is 320 g/mol. The standard InChI is InChI=1S/C19H26N2O2S/c1-2-3-4-5-6-7-11-18-24(22,23)21-16-14-20(15-17-21)19-12-9-8-10-13-19/h8-13,18H,2-5,14-17H2,1H3/b18-11+. The minimum absolute atomic E-state index is 0.505. The average molecular weight is 346 g/mol. The number of sulfonamides is 1. The zero-order chi connectivity index (χ0) is 17.3. The van der Waals surface area contributed by atoms with Crippen molar-refractivity contribution in [2.75, 3.05) is 31.1 Å². The van der Waals surface area contributed by atoms with Crippen LogP contribution >= 0.6 is 0 Å². The molecule has 5 heteroatoms. The minimum Gasteiger partial charge on any atom is -0.369 e. The Morgan fingerprint density at radius 2 is 1.79 bits per heavy atom. The van der Waals surface area contributed by atoms with E-state index in [1.165, 1.54) is 28.6 Å². The molecule has 2 rings (SSSR count). The number of nitrogens with zero attached hydrogens (tertiary/aromatic N) is 2. The highest BCUT2D eigenvalue weighted by atomic mass is 32.2. The maximum atomic E-state index is 12.3. The number of piperazine rings is 1. The van der Waals surface area contributed by atoms with Crippen molar-refractivity contribution in [2.24, 2.45) is 0 Å². The summed E-state index contributed by atoms with van der Waals surface area (Å²) >= 11 is 0. The topological polar surface area (TPSA) is 40.6 Å². The third-order valence-corrected chi connectivity index (χ3v) is 5.62. The Kier molecular flexibility index (Phi) is 7.36. The van der Waals surface area contributed by atoms with E-state index in [-0.39, 0.29) is 0 Å². The second-order valence-electron chi connectivity index (χ2n) is 5.85. The van der Waals surface area contributed by atoms with E-state index in [0.717, 1.165) is 18.5 Å². The number of rotatable bonds is 6. The summed E-state index contributed by atoms with van der Waals surface area (Å²) in [5.41, 5.74) is 1.14. The molecule has 0 saturated carbocycles. The van der Waals surface area contributed by atoms with Crippen LogP contribution in [-0.2, 0) is 10.0 Å². The van der Waals surface area contributed by atoms with Gasteiger partial charge in [-0.3, -0.25) is 0 Å². The number of anilines is 1. The van der Waals surface area contributed by atoms with Gasteiger partial charge in [0.15, 0.2) is 0 Å². The molecule has 0 aliphatic carbocycles. The highest BCUT2D eigenvalue weighted by Gasteiger charge is 2.24. The van der Waals surface area contributed by atoms with Crippen molar-refractivity contribution in [3.8, 4) is 11.8 Å². The van der Waals surface area contributed by atoms with Crippen molar-refractivity contribution in [3.05, 3.63) is 41.8 Å². The van der Waals surface area contributed by atoms with Crippen LogP contribution in [0.15, 0.2) is 41.8 Å². The van der Waals surface area contributed by atoms with Crippen LogP contribution in [0.25, 0.3) is 0 Å². The van der Waals surface area contributed by atoms with Crippen LogP contribution in [0.3, 0.4) is 0 Å². The van der Waals surface area contributed by atoms with E-state index >= 15 is 0 Å². The Morgan fingerprint density at radius 3 is 2.46 bits per heavy atom. The van der Waals surface area contributed by atoms with E-state index in [1.807, 2.05) is 18.2 Å². The van der Waals surface area contributed by atoms with E-state index in [0.29, 0.717) is 26.2 Å². The lowest BCUT2D eigenvalue weighted by molar-refractivity contribution is 0.390. The maximum Gasteiger partial charge on any atom is 0.236 e. The fraction of sp³-hybridized carbons (Fsp3) is 0.474. The molecule has 1 heterocycles. The second kappa shape index (κ2) is 9.51. The first-order chi connectivity index (χ1) is 11.6. The largest absolute Gasteiger partial charge is 0.369 e. The number of hydrogen-bond donors (Lipinski definition) is 0. The molecule has 1 aliphatic heterocycles. The van der Waals surface area contributed by atoms with Crippen LogP contribution in [0.5, 0.6) is 0 Å². The SMILES string of the molecule is CCCCCC#C/C=C/S(=O)(=O)N1CCN(c2ccccc2)CC1. The van der Waals surface area contributed by atoms with Crippen molar-refractivity contribution in [1.82, 2.24) is 4.31 Å². The first kappa shape index (κ1) is 18.6. The molecule has 0 bridgehead atoms. The summed E-state index contributed by atoms with van der Waals surface area (Å²) in [6.07, 6.45) is 5.70. The monoisotopic (exact) mass is 346 g/mol. The molecule has 0 spiro atoms. The third kappa shape index (κ3) is 5.70. The molecule has 0 amide bonds. The van der Waals surface area contributed by atoms with Crippen LogP contribution in [0.1, 0.15) is 32.6 Å². The summed E-state index contributed by atoms with van der Waals surface area (Å²) in [4.78, 5) is 2.21. The molecule has 0 atom stereocenters. The Hall–Kier alpha value is -1.77. The summed E-state index contributed by atoms with van der Waals surface area (Å²) in [7, 11) is -3.36. The smallest absolute Gasteiger partial charge is 0.236 e. The van der Waals surface area contributed by atoms with Crippen LogP contribution < -0.4 is 4.90 Å². The van der Waals surface area contributed by atoms with Gasteiger partial charge < -0.3 is 4.90 Å². The van der Waals surface area contributed by atoms with E-state index in [2.05, 4.69) is 35.8 Å². The summed E-state index contributed by atoms with van der Waals surface area (Å²) in [6.45, 7) is 4.58. The molecule has 1 fully saturated rings. The van der Waals surface area contributed by atoms with Gasteiger partial charge in [0.25, 0.3) is 0 Å². The Balaban J connectivity index is 1.83. The molecule has 0 aromatic heterocycles.